The van der Waals surface area contributed by atoms with Gasteiger partial charge < -0.3 is 24.7 Å². The van der Waals surface area contributed by atoms with Gasteiger partial charge >= 0.3 is 6.09 Å². The summed E-state index contributed by atoms with van der Waals surface area (Å²) in [5, 5.41) is 9.77. The summed E-state index contributed by atoms with van der Waals surface area (Å²) in [5.41, 5.74) is 8.38. The van der Waals surface area contributed by atoms with Gasteiger partial charge in [-0.3, -0.25) is 0 Å². The van der Waals surface area contributed by atoms with Crippen LogP contribution in [0.1, 0.15) is 44.4 Å². The molecule has 2 heterocycles. The van der Waals surface area contributed by atoms with E-state index in [0.717, 1.165) is 23.4 Å². The third-order valence-corrected chi connectivity index (χ3v) is 5.55. The monoisotopic (exact) mass is 444 g/mol. The van der Waals surface area contributed by atoms with Gasteiger partial charge in [-0.1, -0.05) is 18.2 Å². The fourth-order valence-electron chi connectivity index (χ4n) is 3.99. The molecule has 1 aromatic heterocycles. The molecule has 1 amide bonds. The number of rotatable bonds is 4. The SMILES string of the molecule is CC(C)(C)OC(=O)N1CC[C@@H](c2cn(-c3ccc(Oc4ccccc4)cc3)c(C#N)c2N)C1. The Bertz CT molecular complexity index is 1170. The van der Waals surface area contributed by atoms with Gasteiger partial charge in [-0.15, -0.1) is 0 Å². The molecule has 0 radical (unpaired) electrons. The molecule has 7 nitrogen and oxygen atoms in total. The van der Waals surface area contributed by atoms with Crippen LogP contribution in [0.3, 0.4) is 0 Å². The molecule has 0 aliphatic carbocycles. The molecule has 1 saturated heterocycles. The molecule has 2 N–H and O–H groups in total. The lowest BCUT2D eigenvalue weighted by atomic mass is 10.00. The Morgan fingerprint density at radius 1 is 1.09 bits per heavy atom. The van der Waals surface area contributed by atoms with Crippen LogP contribution in [0.5, 0.6) is 11.5 Å². The van der Waals surface area contributed by atoms with Crippen molar-refractivity contribution in [2.75, 3.05) is 18.8 Å². The molecular formula is C26H28N4O3. The summed E-state index contributed by atoms with van der Waals surface area (Å²) < 4.78 is 13.2. The number of nitriles is 1. The quantitative estimate of drug-likeness (QED) is 0.578. The lowest BCUT2D eigenvalue weighted by molar-refractivity contribution is 0.0292. The molecule has 1 aliphatic heterocycles. The van der Waals surface area contributed by atoms with Gasteiger partial charge in [0.25, 0.3) is 0 Å². The Hall–Kier alpha value is -3.92. The van der Waals surface area contributed by atoms with E-state index in [1.807, 2.05) is 81.6 Å². The normalized spacial score (nSPS) is 15.8. The van der Waals surface area contributed by atoms with Crippen LogP contribution in [0.4, 0.5) is 10.5 Å². The molecule has 2 aromatic carbocycles. The topological polar surface area (TPSA) is 93.5 Å². The first-order valence-corrected chi connectivity index (χ1v) is 11.0. The summed E-state index contributed by atoms with van der Waals surface area (Å²) in [4.78, 5) is 14.1. The van der Waals surface area contributed by atoms with Crippen molar-refractivity contribution >= 4 is 11.8 Å². The second kappa shape index (κ2) is 8.91. The second-order valence-corrected chi connectivity index (χ2v) is 9.15. The van der Waals surface area contributed by atoms with Crippen LogP contribution in [-0.4, -0.2) is 34.3 Å². The van der Waals surface area contributed by atoms with Crippen molar-refractivity contribution in [3.8, 4) is 23.3 Å². The maximum absolute atomic E-state index is 12.4. The van der Waals surface area contributed by atoms with Crippen molar-refractivity contribution in [3.05, 3.63) is 72.1 Å². The number of hydrogen-bond acceptors (Lipinski definition) is 5. The fraction of sp³-hybridized carbons (Fsp3) is 0.308. The molecule has 0 saturated carbocycles. The number of hydrogen-bond donors (Lipinski definition) is 1. The van der Waals surface area contributed by atoms with Crippen molar-refractivity contribution < 1.29 is 14.3 Å². The molecule has 1 fully saturated rings. The van der Waals surface area contributed by atoms with Crippen LogP contribution in [0.2, 0.25) is 0 Å². The Morgan fingerprint density at radius 2 is 1.76 bits per heavy atom. The van der Waals surface area contributed by atoms with E-state index in [0.29, 0.717) is 30.2 Å². The van der Waals surface area contributed by atoms with E-state index in [4.69, 9.17) is 15.2 Å². The number of ether oxygens (including phenoxy) is 2. The predicted octanol–water partition coefficient (Wildman–Crippen LogP) is 5.45. The summed E-state index contributed by atoms with van der Waals surface area (Å²) in [6.07, 6.45) is 2.35. The van der Waals surface area contributed by atoms with Gasteiger partial charge in [-0.2, -0.15) is 5.26 Å². The molecular weight excluding hydrogens is 416 g/mol. The first-order chi connectivity index (χ1) is 15.7. The van der Waals surface area contributed by atoms with E-state index in [9.17, 15) is 10.1 Å². The number of amides is 1. The number of carbonyl (C=O) groups is 1. The molecule has 33 heavy (non-hydrogen) atoms. The lowest BCUT2D eigenvalue weighted by Gasteiger charge is -2.24. The van der Waals surface area contributed by atoms with Crippen LogP contribution in [0.15, 0.2) is 60.8 Å². The Balaban J connectivity index is 1.53. The zero-order chi connectivity index (χ0) is 23.6. The summed E-state index contributed by atoms with van der Waals surface area (Å²) in [5.74, 6) is 1.50. The van der Waals surface area contributed by atoms with Crippen LogP contribution in [-0.2, 0) is 4.74 Å². The summed E-state index contributed by atoms with van der Waals surface area (Å²) in [6.45, 7) is 6.67. The highest BCUT2D eigenvalue weighted by Crippen LogP contribution is 2.36. The fourth-order valence-corrected chi connectivity index (χ4v) is 3.99. The van der Waals surface area contributed by atoms with Crippen LogP contribution in [0.25, 0.3) is 5.69 Å². The minimum Gasteiger partial charge on any atom is -0.457 e. The molecule has 1 aliphatic rings. The van der Waals surface area contributed by atoms with E-state index in [1.54, 1.807) is 9.47 Å². The number of nitrogens with two attached hydrogens (primary N) is 1. The molecule has 3 aromatic rings. The van der Waals surface area contributed by atoms with Crippen molar-refractivity contribution in [3.63, 3.8) is 0 Å². The van der Waals surface area contributed by atoms with Crippen LogP contribution < -0.4 is 10.5 Å². The maximum Gasteiger partial charge on any atom is 0.410 e. The first kappa shape index (κ1) is 22.3. The number of anilines is 1. The minimum absolute atomic E-state index is 0.0477. The van der Waals surface area contributed by atoms with Gasteiger partial charge in [0.2, 0.25) is 0 Å². The van der Waals surface area contributed by atoms with Crippen molar-refractivity contribution in [2.24, 2.45) is 0 Å². The van der Waals surface area contributed by atoms with Gasteiger partial charge in [0.05, 0.1) is 5.69 Å². The zero-order valence-electron chi connectivity index (χ0n) is 19.1. The number of aromatic nitrogens is 1. The summed E-state index contributed by atoms with van der Waals surface area (Å²) >= 11 is 0. The van der Waals surface area contributed by atoms with Gasteiger partial charge in [-0.05, 0) is 69.2 Å². The van der Waals surface area contributed by atoms with Crippen molar-refractivity contribution in [1.29, 1.82) is 5.26 Å². The molecule has 0 unspecified atom stereocenters. The molecule has 4 rings (SSSR count). The van der Waals surface area contributed by atoms with Crippen LogP contribution >= 0.6 is 0 Å². The summed E-state index contributed by atoms with van der Waals surface area (Å²) in [6, 6.07) is 19.3. The number of nitrogens with zero attached hydrogens (tertiary/aromatic N) is 3. The number of likely N-dealkylation sites (tertiary alicyclic amines) is 1. The zero-order valence-corrected chi connectivity index (χ0v) is 19.1. The Morgan fingerprint density at radius 3 is 2.39 bits per heavy atom. The van der Waals surface area contributed by atoms with Crippen LogP contribution in [0, 0.1) is 11.3 Å². The molecule has 1 atom stereocenters. The van der Waals surface area contributed by atoms with Crippen molar-refractivity contribution in [1.82, 2.24) is 9.47 Å². The van der Waals surface area contributed by atoms with Gasteiger partial charge in [0.15, 0.2) is 0 Å². The van der Waals surface area contributed by atoms with E-state index in [2.05, 4.69) is 6.07 Å². The van der Waals surface area contributed by atoms with Crippen molar-refractivity contribution in [2.45, 2.75) is 38.7 Å². The Labute approximate surface area is 193 Å². The number of benzene rings is 2. The van der Waals surface area contributed by atoms with E-state index in [1.165, 1.54) is 0 Å². The standard InChI is InChI=1S/C26H28N4O3/c1-26(2,3)33-25(31)29-14-13-18(16-29)22-17-30(23(15-27)24(22)28)19-9-11-21(12-10-19)32-20-7-5-4-6-8-20/h4-12,17-18H,13-14,16,28H2,1-3H3/t18-/m1/s1. The highest BCUT2D eigenvalue weighted by atomic mass is 16.6. The number of nitrogen functional groups attached to an aromatic ring is 1. The average Bonchev–Trinajstić information content (AvgIpc) is 3.38. The smallest absolute Gasteiger partial charge is 0.410 e. The maximum atomic E-state index is 12.4. The second-order valence-electron chi connectivity index (χ2n) is 9.15. The largest absolute Gasteiger partial charge is 0.457 e. The van der Waals surface area contributed by atoms with Gasteiger partial charge in [-0.25, -0.2) is 4.79 Å². The van der Waals surface area contributed by atoms with E-state index in [-0.39, 0.29) is 12.0 Å². The number of para-hydroxylation sites is 1. The van der Waals surface area contributed by atoms with Gasteiger partial charge in [0, 0.05) is 30.9 Å². The lowest BCUT2D eigenvalue weighted by Crippen LogP contribution is -2.35. The highest BCUT2D eigenvalue weighted by Gasteiger charge is 2.33. The number of carbonyl (C=O) groups excluding carboxylic acids is 1. The molecule has 7 heteroatoms. The Kier molecular flexibility index (Phi) is 6.01. The summed E-state index contributed by atoms with van der Waals surface area (Å²) in [7, 11) is 0. The predicted molar refractivity (Wildman–Crippen MR) is 127 cm³/mol. The first-order valence-electron chi connectivity index (χ1n) is 11.0. The molecule has 0 spiro atoms. The highest BCUT2D eigenvalue weighted by molar-refractivity contribution is 5.69. The average molecular weight is 445 g/mol. The third kappa shape index (κ3) is 4.96. The van der Waals surface area contributed by atoms with Gasteiger partial charge in [0.1, 0.15) is 28.9 Å². The third-order valence-electron chi connectivity index (χ3n) is 5.55. The van der Waals surface area contributed by atoms with E-state index < -0.39 is 5.60 Å². The molecule has 0 bridgehead atoms. The molecule has 170 valence electrons. The minimum atomic E-state index is -0.540. The van der Waals surface area contributed by atoms with E-state index >= 15 is 0 Å².